The molecule has 2 heterocycles. The summed E-state index contributed by atoms with van der Waals surface area (Å²) in [4.78, 5) is 8.35. The van der Waals surface area contributed by atoms with Crippen LogP contribution in [0.2, 0.25) is 5.28 Å². The van der Waals surface area contributed by atoms with Gasteiger partial charge in [0, 0.05) is 5.56 Å². The molecule has 0 aliphatic carbocycles. The normalized spacial score (nSPS) is 10.8. The van der Waals surface area contributed by atoms with E-state index in [9.17, 15) is 0 Å². The Morgan fingerprint density at radius 2 is 2.00 bits per heavy atom. The SMILES string of the molecule is CCOc1ccc(-c2nc(Cl)nc3[nH]ncc23)cc1. The van der Waals surface area contributed by atoms with Gasteiger partial charge in [0.05, 0.1) is 23.9 Å². The third kappa shape index (κ3) is 2.24. The van der Waals surface area contributed by atoms with Gasteiger partial charge in [-0.15, -0.1) is 0 Å². The topological polar surface area (TPSA) is 63.7 Å². The van der Waals surface area contributed by atoms with Crippen LogP contribution in [-0.4, -0.2) is 26.8 Å². The molecule has 1 N–H and O–H groups in total. The van der Waals surface area contributed by atoms with Gasteiger partial charge in [-0.1, -0.05) is 0 Å². The predicted molar refractivity (Wildman–Crippen MR) is 73.3 cm³/mol. The summed E-state index contributed by atoms with van der Waals surface area (Å²) in [6.45, 7) is 2.60. The fourth-order valence-electron chi connectivity index (χ4n) is 1.90. The van der Waals surface area contributed by atoms with Crippen LogP contribution >= 0.6 is 11.6 Å². The van der Waals surface area contributed by atoms with E-state index in [1.54, 1.807) is 6.20 Å². The highest BCUT2D eigenvalue weighted by Gasteiger charge is 2.10. The summed E-state index contributed by atoms with van der Waals surface area (Å²) in [7, 11) is 0. The standard InChI is InChI=1S/C13H11ClN4O/c1-2-19-9-5-3-8(4-6-9)11-10-7-15-18-12(10)17-13(14)16-11/h3-7H,2H2,1H3,(H,15,16,17,18). The minimum absolute atomic E-state index is 0.195. The van der Waals surface area contributed by atoms with E-state index >= 15 is 0 Å². The first-order valence-corrected chi connectivity index (χ1v) is 6.25. The molecule has 3 aromatic rings. The smallest absolute Gasteiger partial charge is 0.224 e. The summed E-state index contributed by atoms with van der Waals surface area (Å²) < 4.78 is 5.42. The van der Waals surface area contributed by atoms with Crippen molar-refractivity contribution in [3.05, 3.63) is 35.7 Å². The number of rotatable bonds is 3. The second kappa shape index (κ2) is 4.85. The monoisotopic (exact) mass is 274 g/mol. The molecule has 5 nitrogen and oxygen atoms in total. The van der Waals surface area contributed by atoms with Gasteiger partial charge in [-0.3, -0.25) is 5.10 Å². The molecule has 0 radical (unpaired) electrons. The molecule has 0 spiro atoms. The van der Waals surface area contributed by atoms with E-state index in [1.165, 1.54) is 0 Å². The van der Waals surface area contributed by atoms with E-state index in [4.69, 9.17) is 16.3 Å². The van der Waals surface area contributed by atoms with Crippen molar-refractivity contribution in [1.82, 2.24) is 20.2 Å². The zero-order chi connectivity index (χ0) is 13.2. The van der Waals surface area contributed by atoms with Crippen LogP contribution in [0.4, 0.5) is 0 Å². The van der Waals surface area contributed by atoms with Gasteiger partial charge in [0.1, 0.15) is 5.75 Å². The first-order valence-electron chi connectivity index (χ1n) is 5.88. The summed E-state index contributed by atoms with van der Waals surface area (Å²) in [6, 6.07) is 7.69. The summed E-state index contributed by atoms with van der Waals surface area (Å²) in [5, 5.41) is 7.79. The van der Waals surface area contributed by atoms with Crippen molar-refractivity contribution in [3.63, 3.8) is 0 Å². The highest BCUT2D eigenvalue weighted by Crippen LogP contribution is 2.27. The third-order valence-corrected chi connectivity index (χ3v) is 2.89. The van der Waals surface area contributed by atoms with E-state index in [0.29, 0.717) is 12.3 Å². The largest absolute Gasteiger partial charge is 0.494 e. The molecule has 0 aliphatic heterocycles. The number of fused-ring (bicyclic) bond motifs is 1. The Bertz CT molecular complexity index is 708. The Morgan fingerprint density at radius 3 is 2.74 bits per heavy atom. The van der Waals surface area contributed by atoms with Crippen molar-refractivity contribution in [3.8, 4) is 17.0 Å². The molecule has 0 bridgehead atoms. The van der Waals surface area contributed by atoms with E-state index < -0.39 is 0 Å². The number of ether oxygens (including phenoxy) is 1. The third-order valence-electron chi connectivity index (χ3n) is 2.72. The molecule has 0 saturated heterocycles. The van der Waals surface area contributed by atoms with Gasteiger partial charge in [-0.05, 0) is 42.8 Å². The molecule has 6 heteroatoms. The molecule has 2 aromatic heterocycles. The lowest BCUT2D eigenvalue weighted by atomic mass is 10.1. The van der Waals surface area contributed by atoms with Gasteiger partial charge < -0.3 is 4.74 Å². The minimum Gasteiger partial charge on any atom is -0.494 e. The number of benzene rings is 1. The van der Waals surface area contributed by atoms with Gasteiger partial charge in [-0.25, -0.2) is 4.98 Å². The number of aromatic amines is 1. The molecule has 0 saturated carbocycles. The fourth-order valence-corrected chi connectivity index (χ4v) is 2.07. The maximum Gasteiger partial charge on any atom is 0.224 e. The second-order valence-electron chi connectivity index (χ2n) is 3.93. The van der Waals surface area contributed by atoms with E-state index in [2.05, 4.69) is 20.2 Å². The van der Waals surface area contributed by atoms with Crippen molar-refractivity contribution >= 4 is 22.6 Å². The molecule has 0 aliphatic rings. The summed E-state index contributed by atoms with van der Waals surface area (Å²) in [5.74, 6) is 0.829. The summed E-state index contributed by atoms with van der Waals surface area (Å²) >= 11 is 5.92. The fraction of sp³-hybridized carbons (Fsp3) is 0.154. The van der Waals surface area contributed by atoms with E-state index in [1.807, 2.05) is 31.2 Å². The zero-order valence-corrected chi connectivity index (χ0v) is 11.0. The number of nitrogens with one attached hydrogen (secondary N) is 1. The van der Waals surface area contributed by atoms with Gasteiger partial charge in [0.15, 0.2) is 5.65 Å². The summed E-state index contributed by atoms with van der Waals surface area (Å²) in [6.07, 6.45) is 1.69. The molecule has 3 rings (SSSR count). The maximum atomic E-state index is 5.92. The van der Waals surface area contributed by atoms with Crippen molar-refractivity contribution in [2.45, 2.75) is 6.92 Å². The van der Waals surface area contributed by atoms with E-state index in [-0.39, 0.29) is 5.28 Å². The number of nitrogens with zero attached hydrogens (tertiary/aromatic N) is 3. The van der Waals surface area contributed by atoms with E-state index in [0.717, 1.165) is 22.4 Å². The minimum atomic E-state index is 0.195. The Balaban J connectivity index is 2.10. The van der Waals surface area contributed by atoms with Crippen LogP contribution in [0.1, 0.15) is 6.92 Å². The molecular formula is C13H11ClN4O. The first kappa shape index (κ1) is 11.9. The van der Waals surface area contributed by atoms with Crippen LogP contribution in [-0.2, 0) is 0 Å². The lowest BCUT2D eigenvalue weighted by Gasteiger charge is -2.05. The van der Waals surface area contributed by atoms with Crippen molar-refractivity contribution in [1.29, 1.82) is 0 Å². The van der Waals surface area contributed by atoms with Crippen LogP contribution in [0.25, 0.3) is 22.3 Å². The summed E-state index contributed by atoms with van der Waals surface area (Å²) in [5.41, 5.74) is 2.33. The van der Waals surface area contributed by atoms with Crippen LogP contribution < -0.4 is 4.74 Å². The lowest BCUT2D eigenvalue weighted by molar-refractivity contribution is 0.340. The van der Waals surface area contributed by atoms with Crippen molar-refractivity contribution in [2.24, 2.45) is 0 Å². The highest BCUT2D eigenvalue weighted by atomic mass is 35.5. The Kier molecular flexibility index (Phi) is 3.05. The van der Waals surface area contributed by atoms with Gasteiger partial charge >= 0.3 is 0 Å². The Morgan fingerprint density at radius 1 is 1.21 bits per heavy atom. The average molecular weight is 275 g/mol. The molecule has 0 fully saturated rings. The van der Waals surface area contributed by atoms with Crippen molar-refractivity contribution < 1.29 is 4.74 Å². The van der Waals surface area contributed by atoms with Crippen LogP contribution in [0, 0.1) is 0 Å². The molecule has 0 atom stereocenters. The quantitative estimate of drug-likeness (QED) is 0.746. The number of aromatic nitrogens is 4. The van der Waals surface area contributed by atoms with Gasteiger partial charge in [0.2, 0.25) is 5.28 Å². The number of halogens is 1. The highest BCUT2D eigenvalue weighted by molar-refractivity contribution is 6.28. The molecule has 96 valence electrons. The Hall–Kier alpha value is -2.14. The molecule has 1 aromatic carbocycles. The first-order chi connectivity index (χ1) is 9.28. The van der Waals surface area contributed by atoms with Crippen LogP contribution in [0.5, 0.6) is 5.75 Å². The number of hydrogen-bond acceptors (Lipinski definition) is 4. The Labute approximate surface area is 114 Å². The van der Waals surface area contributed by atoms with Gasteiger partial charge in [0.25, 0.3) is 0 Å². The molecule has 0 unspecified atom stereocenters. The molecular weight excluding hydrogens is 264 g/mol. The molecule has 19 heavy (non-hydrogen) atoms. The average Bonchev–Trinajstić information content (AvgIpc) is 2.87. The second-order valence-corrected chi connectivity index (χ2v) is 4.27. The molecule has 0 amide bonds. The maximum absolute atomic E-state index is 5.92. The van der Waals surface area contributed by atoms with Gasteiger partial charge in [-0.2, -0.15) is 10.1 Å². The number of hydrogen-bond donors (Lipinski definition) is 1. The predicted octanol–water partition coefficient (Wildman–Crippen LogP) is 3.07. The van der Waals surface area contributed by atoms with Crippen LogP contribution in [0.15, 0.2) is 30.5 Å². The number of H-pyrrole nitrogens is 1. The van der Waals surface area contributed by atoms with Crippen molar-refractivity contribution in [2.75, 3.05) is 6.61 Å². The lowest BCUT2D eigenvalue weighted by Crippen LogP contribution is -1.92. The zero-order valence-electron chi connectivity index (χ0n) is 10.2. The van der Waals surface area contributed by atoms with Crippen LogP contribution in [0.3, 0.4) is 0 Å².